The zero-order chi connectivity index (χ0) is 23.9. The van der Waals surface area contributed by atoms with Gasteiger partial charge in [0.25, 0.3) is 0 Å². The quantitative estimate of drug-likeness (QED) is 0.362. The highest BCUT2D eigenvalue weighted by atomic mass is 35.5. The molecule has 0 aliphatic carbocycles. The number of sulfone groups is 1. The zero-order valence-electron chi connectivity index (χ0n) is 17.6. The summed E-state index contributed by atoms with van der Waals surface area (Å²) >= 11 is 6.16. The van der Waals surface area contributed by atoms with Crippen molar-refractivity contribution in [2.24, 2.45) is 0 Å². The Balaban J connectivity index is 1.85. The van der Waals surface area contributed by atoms with Crippen LogP contribution in [-0.2, 0) is 9.84 Å². The predicted octanol–water partition coefficient (Wildman–Crippen LogP) is 3.08. The smallest absolute Gasteiger partial charge is 0.224 e. The second-order valence-electron chi connectivity index (χ2n) is 7.40. The summed E-state index contributed by atoms with van der Waals surface area (Å²) in [5.41, 5.74) is 13.5. The fraction of sp³-hybridized carbons (Fsp3) is 0.143. The summed E-state index contributed by atoms with van der Waals surface area (Å²) in [5.74, 6) is 0.125. The van der Waals surface area contributed by atoms with Crippen molar-refractivity contribution in [1.29, 1.82) is 5.26 Å². The summed E-state index contributed by atoms with van der Waals surface area (Å²) in [6.07, 6.45) is 2.98. The molecular formula is C21H19ClN8O2S. The van der Waals surface area contributed by atoms with E-state index in [4.69, 9.17) is 23.1 Å². The van der Waals surface area contributed by atoms with E-state index < -0.39 is 9.84 Å². The van der Waals surface area contributed by atoms with Crippen molar-refractivity contribution in [3.63, 3.8) is 0 Å². The summed E-state index contributed by atoms with van der Waals surface area (Å²) < 4.78 is 25.9. The second kappa shape index (κ2) is 8.23. The summed E-state index contributed by atoms with van der Waals surface area (Å²) in [6.45, 7) is 1.87. The summed E-state index contributed by atoms with van der Waals surface area (Å²) in [6, 6.07) is 11.6. The lowest BCUT2D eigenvalue weighted by Gasteiger charge is -2.16. The third-order valence-electron chi connectivity index (χ3n) is 5.06. The number of nitriles is 1. The Morgan fingerprint density at radius 1 is 1.18 bits per heavy atom. The first-order valence-corrected chi connectivity index (χ1v) is 11.9. The summed E-state index contributed by atoms with van der Waals surface area (Å²) in [5, 5.41) is 13.7. The molecular weight excluding hydrogens is 464 g/mol. The molecule has 1 aromatic carbocycles. The number of benzene rings is 1. The molecule has 0 saturated heterocycles. The molecule has 0 amide bonds. The highest BCUT2D eigenvalue weighted by molar-refractivity contribution is 7.90. The number of fused-ring (bicyclic) bond motifs is 1. The molecule has 5 N–H and O–H groups in total. The number of aromatic nitrogens is 4. The van der Waals surface area contributed by atoms with Gasteiger partial charge in [-0.05, 0) is 37.3 Å². The number of nitrogens with two attached hydrogens (primary N) is 2. The van der Waals surface area contributed by atoms with Crippen molar-refractivity contribution in [2.75, 3.05) is 23.0 Å². The Hall–Kier alpha value is -3.88. The Morgan fingerprint density at radius 3 is 2.64 bits per heavy atom. The van der Waals surface area contributed by atoms with E-state index in [0.717, 1.165) is 17.2 Å². The first kappa shape index (κ1) is 22.3. The minimum atomic E-state index is -3.40. The number of hydrogen-bond acceptors (Lipinski definition) is 9. The van der Waals surface area contributed by atoms with Gasteiger partial charge in [0, 0.05) is 29.1 Å². The van der Waals surface area contributed by atoms with Crippen molar-refractivity contribution < 1.29 is 8.42 Å². The van der Waals surface area contributed by atoms with Gasteiger partial charge in [-0.3, -0.25) is 0 Å². The Labute approximate surface area is 194 Å². The van der Waals surface area contributed by atoms with Crippen LogP contribution < -0.4 is 16.8 Å². The Bertz CT molecular complexity index is 1540. The molecule has 0 saturated carbocycles. The lowest BCUT2D eigenvalue weighted by molar-refractivity contribution is 0.602. The van der Waals surface area contributed by atoms with E-state index in [-0.39, 0.29) is 39.2 Å². The van der Waals surface area contributed by atoms with E-state index in [1.165, 1.54) is 6.07 Å². The maximum Gasteiger partial charge on any atom is 0.224 e. The minimum absolute atomic E-state index is 0.0202. The highest BCUT2D eigenvalue weighted by Gasteiger charge is 2.20. The molecule has 0 spiro atoms. The van der Waals surface area contributed by atoms with Gasteiger partial charge >= 0.3 is 0 Å². The van der Waals surface area contributed by atoms with Crippen molar-refractivity contribution in [2.45, 2.75) is 17.9 Å². The second-order valence-corrected chi connectivity index (χ2v) is 9.80. The summed E-state index contributed by atoms with van der Waals surface area (Å²) in [7, 11) is -3.40. The number of pyridine rings is 1. The van der Waals surface area contributed by atoms with Gasteiger partial charge in [-0.15, -0.1) is 0 Å². The molecule has 0 bridgehead atoms. The van der Waals surface area contributed by atoms with Crippen LogP contribution >= 0.6 is 11.6 Å². The molecule has 12 heteroatoms. The molecule has 10 nitrogen and oxygen atoms in total. The monoisotopic (exact) mass is 482 g/mol. The fourth-order valence-corrected chi connectivity index (χ4v) is 4.31. The first-order valence-electron chi connectivity index (χ1n) is 9.66. The van der Waals surface area contributed by atoms with Gasteiger partial charge < -0.3 is 21.4 Å². The van der Waals surface area contributed by atoms with E-state index in [9.17, 15) is 13.7 Å². The van der Waals surface area contributed by atoms with E-state index in [2.05, 4.69) is 20.3 Å². The van der Waals surface area contributed by atoms with Gasteiger partial charge in [-0.25, -0.2) is 13.4 Å². The van der Waals surface area contributed by atoms with E-state index in [0.29, 0.717) is 11.3 Å². The van der Waals surface area contributed by atoms with Crippen molar-refractivity contribution in [3.8, 4) is 11.8 Å². The van der Waals surface area contributed by atoms with Gasteiger partial charge in [0.05, 0.1) is 10.9 Å². The molecule has 3 heterocycles. The van der Waals surface area contributed by atoms with E-state index in [1.807, 2.05) is 25.3 Å². The molecule has 0 aliphatic heterocycles. The van der Waals surface area contributed by atoms with Crippen LogP contribution in [0.15, 0.2) is 47.5 Å². The minimum Gasteiger partial charge on any atom is -0.382 e. The van der Waals surface area contributed by atoms with Gasteiger partial charge in [0.1, 0.15) is 28.3 Å². The molecule has 168 valence electrons. The van der Waals surface area contributed by atoms with Crippen LogP contribution in [0.5, 0.6) is 0 Å². The lowest BCUT2D eigenvalue weighted by atomic mass is 10.1. The van der Waals surface area contributed by atoms with Crippen LogP contribution in [-0.4, -0.2) is 34.2 Å². The average Bonchev–Trinajstić information content (AvgIpc) is 3.12. The molecule has 4 rings (SSSR count). The Morgan fingerprint density at radius 2 is 1.94 bits per heavy atom. The standard InChI is InChI=1S/C21H19ClN8O2S/c1-11(26-19-15(9-23)18(24)28-21(25)29-19)16-10-30(20-14(16)6-7-17(22)27-20)12-4-3-5-13(8-12)33(2,31)32/h3-8,10-11H,1-2H3,(H5,24,25,26,28,29). The largest absolute Gasteiger partial charge is 0.382 e. The molecule has 4 aromatic rings. The van der Waals surface area contributed by atoms with Gasteiger partial charge in [0.15, 0.2) is 15.7 Å². The van der Waals surface area contributed by atoms with Crippen LogP contribution in [0.1, 0.15) is 24.1 Å². The Kier molecular flexibility index (Phi) is 5.57. The number of hydrogen-bond donors (Lipinski definition) is 3. The van der Waals surface area contributed by atoms with E-state index >= 15 is 0 Å². The highest BCUT2D eigenvalue weighted by Crippen LogP contribution is 2.32. The fourth-order valence-electron chi connectivity index (χ4n) is 3.50. The molecule has 1 unspecified atom stereocenters. The van der Waals surface area contributed by atoms with Crippen LogP contribution in [0.25, 0.3) is 16.7 Å². The van der Waals surface area contributed by atoms with Crippen LogP contribution in [0.3, 0.4) is 0 Å². The number of anilines is 3. The predicted molar refractivity (Wildman–Crippen MR) is 127 cm³/mol. The lowest BCUT2D eigenvalue weighted by Crippen LogP contribution is -2.13. The molecule has 0 aliphatic rings. The topological polar surface area (TPSA) is 166 Å². The molecule has 33 heavy (non-hydrogen) atoms. The van der Waals surface area contributed by atoms with Gasteiger partial charge in [-0.2, -0.15) is 15.2 Å². The molecule has 0 radical (unpaired) electrons. The average molecular weight is 483 g/mol. The van der Waals surface area contributed by atoms with Crippen LogP contribution in [0, 0.1) is 11.3 Å². The van der Waals surface area contributed by atoms with Gasteiger partial charge in [-0.1, -0.05) is 17.7 Å². The zero-order valence-corrected chi connectivity index (χ0v) is 19.2. The molecule has 3 aromatic heterocycles. The maximum absolute atomic E-state index is 12.1. The molecule has 1 atom stereocenters. The number of nitrogens with one attached hydrogen (secondary N) is 1. The SMILES string of the molecule is CC(Nc1nc(N)nc(N)c1C#N)c1cn(-c2cccc(S(C)(=O)=O)c2)c2nc(Cl)ccc12. The van der Waals surface area contributed by atoms with Crippen molar-refractivity contribution >= 4 is 50.1 Å². The number of nitrogen functional groups attached to an aromatic ring is 2. The number of nitrogens with zero attached hydrogens (tertiary/aromatic N) is 5. The number of halogens is 1. The van der Waals surface area contributed by atoms with Crippen molar-refractivity contribution in [1.82, 2.24) is 19.5 Å². The normalized spacial score (nSPS) is 12.4. The number of rotatable bonds is 5. The van der Waals surface area contributed by atoms with Crippen molar-refractivity contribution in [3.05, 3.63) is 58.9 Å². The third kappa shape index (κ3) is 4.26. The first-order chi connectivity index (χ1) is 15.6. The van der Waals surface area contributed by atoms with Crippen LogP contribution in [0.2, 0.25) is 5.15 Å². The van der Waals surface area contributed by atoms with E-state index in [1.54, 1.807) is 28.8 Å². The van der Waals surface area contributed by atoms with Gasteiger partial charge in [0.2, 0.25) is 5.95 Å². The third-order valence-corrected chi connectivity index (χ3v) is 6.38. The van der Waals surface area contributed by atoms with Crippen LogP contribution in [0.4, 0.5) is 17.6 Å². The summed E-state index contributed by atoms with van der Waals surface area (Å²) in [4.78, 5) is 12.6. The maximum atomic E-state index is 12.1. The molecule has 0 fully saturated rings.